The molecule has 0 aliphatic carbocycles. The number of ether oxygens (including phenoxy) is 2. The summed E-state index contributed by atoms with van der Waals surface area (Å²) in [6.07, 6.45) is -4.82. The van der Waals surface area contributed by atoms with E-state index >= 15 is 0 Å². The number of H-pyrrole nitrogens is 1. The van der Waals surface area contributed by atoms with E-state index in [-0.39, 0.29) is 17.7 Å². The van der Waals surface area contributed by atoms with Crippen molar-refractivity contribution in [3.05, 3.63) is 40.2 Å². The number of alkyl halides is 3. The zero-order valence-electron chi connectivity index (χ0n) is 10.8. The first-order valence-electron chi connectivity index (χ1n) is 5.90. The average Bonchev–Trinajstić information content (AvgIpc) is 2.36. The summed E-state index contributed by atoms with van der Waals surface area (Å²) in [5.74, 6) is -1.26. The first-order valence-corrected chi connectivity index (χ1v) is 5.90. The Labute approximate surface area is 116 Å². The molecule has 2 aromatic rings. The highest BCUT2D eigenvalue weighted by Gasteiger charge is 2.31. The van der Waals surface area contributed by atoms with Gasteiger partial charge >= 0.3 is 12.3 Å². The van der Waals surface area contributed by atoms with Crippen molar-refractivity contribution in [2.75, 3.05) is 6.61 Å². The lowest BCUT2D eigenvalue weighted by atomic mass is 10.1. The molecule has 0 amide bonds. The van der Waals surface area contributed by atoms with E-state index in [2.05, 4.69) is 9.72 Å². The van der Waals surface area contributed by atoms with Gasteiger partial charge in [-0.15, -0.1) is 13.2 Å². The predicted molar refractivity (Wildman–Crippen MR) is 67.2 cm³/mol. The highest BCUT2D eigenvalue weighted by molar-refractivity contribution is 5.93. The Morgan fingerprint density at radius 3 is 2.62 bits per heavy atom. The molecule has 5 nitrogen and oxygen atoms in total. The molecule has 21 heavy (non-hydrogen) atoms. The van der Waals surface area contributed by atoms with Crippen molar-refractivity contribution < 1.29 is 27.4 Å². The maximum absolute atomic E-state index is 12.1. The summed E-state index contributed by atoms with van der Waals surface area (Å²) < 4.78 is 44.8. The van der Waals surface area contributed by atoms with Gasteiger partial charge in [-0.05, 0) is 30.5 Å². The highest BCUT2D eigenvalue weighted by atomic mass is 19.4. The summed E-state index contributed by atoms with van der Waals surface area (Å²) in [7, 11) is 0. The lowest BCUT2D eigenvalue weighted by molar-refractivity contribution is -0.274. The summed E-state index contributed by atoms with van der Waals surface area (Å²) in [4.78, 5) is 25.6. The van der Waals surface area contributed by atoms with E-state index in [9.17, 15) is 22.8 Å². The molecule has 0 saturated carbocycles. The van der Waals surface area contributed by atoms with E-state index in [0.717, 1.165) is 12.1 Å². The second kappa shape index (κ2) is 5.47. The Kier molecular flexibility index (Phi) is 3.88. The maximum atomic E-state index is 12.1. The number of benzene rings is 1. The fourth-order valence-electron chi connectivity index (χ4n) is 1.74. The van der Waals surface area contributed by atoms with Gasteiger partial charge in [0.15, 0.2) is 0 Å². The van der Waals surface area contributed by atoms with Crippen LogP contribution in [0.15, 0.2) is 29.1 Å². The second-order valence-corrected chi connectivity index (χ2v) is 4.03. The van der Waals surface area contributed by atoms with Gasteiger partial charge < -0.3 is 14.5 Å². The van der Waals surface area contributed by atoms with E-state index in [0.29, 0.717) is 5.39 Å². The minimum absolute atomic E-state index is 0.106. The molecular weight excluding hydrogens is 291 g/mol. The van der Waals surface area contributed by atoms with Gasteiger partial charge in [0.1, 0.15) is 11.3 Å². The number of rotatable bonds is 3. The molecule has 0 fully saturated rings. The number of hydrogen-bond acceptors (Lipinski definition) is 4. The van der Waals surface area contributed by atoms with Gasteiger partial charge in [-0.2, -0.15) is 0 Å². The molecule has 0 atom stereocenters. The van der Waals surface area contributed by atoms with Gasteiger partial charge in [0.2, 0.25) is 0 Å². The molecule has 112 valence electrons. The van der Waals surface area contributed by atoms with Crippen LogP contribution in [0.4, 0.5) is 13.2 Å². The number of esters is 1. The number of carbonyl (C=O) groups is 1. The number of nitrogens with one attached hydrogen (secondary N) is 1. The largest absolute Gasteiger partial charge is 0.573 e. The summed E-state index contributed by atoms with van der Waals surface area (Å²) in [6.45, 7) is 1.70. The first kappa shape index (κ1) is 14.9. The highest BCUT2D eigenvalue weighted by Crippen LogP contribution is 2.25. The van der Waals surface area contributed by atoms with Gasteiger partial charge in [-0.1, -0.05) is 0 Å². The Bertz CT molecular complexity index is 736. The summed E-state index contributed by atoms with van der Waals surface area (Å²) >= 11 is 0. The van der Waals surface area contributed by atoms with Crippen LogP contribution in [0.3, 0.4) is 0 Å². The number of fused-ring (bicyclic) bond motifs is 1. The number of pyridine rings is 1. The summed E-state index contributed by atoms with van der Waals surface area (Å²) in [5, 5.41) is 0.382. The zero-order chi connectivity index (χ0) is 15.6. The standard InChI is InChI=1S/C13H10F3NO4/c1-2-20-12(19)9-5-7-3-4-8(21-13(14,15)16)6-10(7)17-11(9)18/h3-6H,2H2,1H3,(H,17,18). The molecule has 2 rings (SSSR count). The van der Waals surface area contributed by atoms with Gasteiger partial charge in [-0.3, -0.25) is 4.79 Å². The average molecular weight is 301 g/mol. The van der Waals surface area contributed by atoms with Gasteiger partial charge in [0.25, 0.3) is 5.56 Å². The summed E-state index contributed by atoms with van der Waals surface area (Å²) in [6, 6.07) is 4.67. The minimum atomic E-state index is -4.82. The van der Waals surface area contributed by atoms with E-state index < -0.39 is 23.6 Å². The van der Waals surface area contributed by atoms with Crippen LogP contribution < -0.4 is 10.3 Å². The van der Waals surface area contributed by atoms with Crippen molar-refractivity contribution in [1.29, 1.82) is 0 Å². The molecule has 1 heterocycles. The molecule has 8 heteroatoms. The molecular formula is C13H10F3NO4. The van der Waals surface area contributed by atoms with Crippen molar-refractivity contribution in [2.45, 2.75) is 13.3 Å². The lowest BCUT2D eigenvalue weighted by Gasteiger charge is -2.09. The second-order valence-electron chi connectivity index (χ2n) is 4.03. The van der Waals surface area contributed by atoms with Crippen molar-refractivity contribution >= 4 is 16.9 Å². The zero-order valence-corrected chi connectivity index (χ0v) is 10.8. The maximum Gasteiger partial charge on any atom is 0.573 e. The molecule has 0 unspecified atom stereocenters. The van der Waals surface area contributed by atoms with Gasteiger partial charge in [-0.25, -0.2) is 4.79 Å². The normalized spacial score (nSPS) is 11.4. The molecule has 0 aliphatic heterocycles. The summed E-state index contributed by atoms with van der Waals surface area (Å²) in [5.41, 5.74) is -0.839. The lowest BCUT2D eigenvalue weighted by Crippen LogP contribution is -2.20. The van der Waals surface area contributed by atoms with Crippen LogP contribution in [0, 0.1) is 0 Å². The molecule has 0 radical (unpaired) electrons. The van der Waals surface area contributed by atoms with Crippen LogP contribution in [-0.4, -0.2) is 23.9 Å². The third kappa shape index (κ3) is 3.53. The Balaban J connectivity index is 2.45. The fraction of sp³-hybridized carbons (Fsp3) is 0.231. The fourth-order valence-corrected chi connectivity index (χ4v) is 1.74. The van der Waals surface area contributed by atoms with Crippen molar-refractivity contribution in [1.82, 2.24) is 4.98 Å². The SMILES string of the molecule is CCOC(=O)c1cc2ccc(OC(F)(F)F)cc2[nH]c1=O. The number of aromatic amines is 1. The third-order valence-electron chi connectivity index (χ3n) is 2.55. The molecule has 1 aromatic heterocycles. The van der Waals surface area contributed by atoms with Crippen LogP contribution in [-0.2, 0) is 4.74 Å². The van der Waals surface area contributed by atoms with Crippen LogP contribution in [0.5, 0.6) is 5.75 Å². The molecule has 0 bridgehead atoms. The monoisotopic (exact) mass is 301 g/mol. The minimum Gasteiger partial charge on any atom is -0.462 e. The number of halogens is 3. The quantitative estimate of drug-likeness (QED) is 0.885. The molecule has 1 N–H and O–H groups in total. The van der Waals surface area contributed by atoms with Crippen molar-refractivity contribution in [3.8, 4) is 5.75 Å². The van der Waals surface area contributed by atoms with Crippen LogP contribution in [0.1, 0.15) is 17.3 Å². The van der Waals surface area contributed by atoms with E-state index in [4.69, 9.17) is 4.74 Å². The van der Waals surface area contributed by atoms with Gasteiger partial charge in [0.05, 0.1) is 12.1 Å². The molecule has 0 saturated heterocycles. The Morgan fingerprint density at radius 1 is 1.29 bits per heavy atom. The van der Waals surface area contributed by atoms with Crippen LogP contribution >= 0.6 is 0 Å². The molecule has 0 spiro atoms. The molecule has 0 aliphatic rings. The number of hydrogen-bond donors (Lipinski definition) is 1. The predicted octanol–water partition coefficient (Wildman–Crippen LogP) is 2.60. The Hall–Kier alpha value is -2.51. The topological polar surface area (TPSA) is 68.4 Å². The van der Waals surface area contributed by atoms with Crippen LogP contribution in [0.2, 0.25) is 0 Å². The molecule has 1 aromatic carbocycles. The number of carbonyl (C=O) groups excluding carboxylic acids is 1. The van der Waals surface area contributed by atoms with Gasteiger partial charge in [0, 0.05) is 6.07 Å². The first-order chi connectivity index (χ1) is 9.80. The van der Waals surface area contributed by atoms with E-state index in [1.54, 1.807) is 6.92 Å². The Morgan fingerprint density at radius 2 is 2.00 bits per heavy atom. The third-order valence-corrected chi connectivity index (χ3v) is 2.55. The van der Waals surface area contributed by atoms with Crippen LogP contribution in [0.25, 0.3) is 10.9 Å². The van der Waals surface area contributed by atoms with E-state index in [1.165, 1.54) is 12.1 Å². The smallest absolute Gasteiger partial charge is 0.462 e. The van der Waals surface area contributed by atoms with Crippen molar-refractivity contribution in [3.63, 3.8) is 0 Å². The van der Waals surface area contributed by atoms with Crippen molar-refractivity contribution in [2.24, 2.45) is 0 Å². The number of aromatic nitrogens is 1. The van der Waals surface area contributed by atoms with E-state index in [1.807, 2.05) is 0 Å².